The van der Waals surface area contributed by atoms with Crippen LogP contribution in [0.2, 0.25) is 0 Å². The SMILES string of the molecule is COC1(C)CCCN(CC(NC2CC2)C(N)=O)C1. The number of nitrogens with one attached hydrogen (secondary N) is 1. The summed E-state index contributed by atoms with van der Waals surface area (Å²) in [6.07, 6.45) is 4.52. The molecule has 5 nitrogen and oxygen atoms in total. The maximum Gasteiger partial charge on any atom is 0.235 e. The minimum atomic E-state index is -0.244. The molecule has 2 unspecified atom stereocenters. The first-order valence-corrected chi connectivity index (χ1v) is 6.85. The van der Waals surface area contributed by atoms with E-state index in [1.54, 1.807) is 7.11 Å². The number of primary amides is 1. The van der Waals surface area contributed by atoms with E-state index in [1.165, 1.54) is 12.8 Å². The Morgan fingerprint density at radius 1 is 1.61 bits per heavy atom. The highest BCUT2D eigenvalue weighted by Gasteiger charge is 2.34. The average Bonchev–Trinajstić information content (AvgIpc) is 3.12. The number of methoxy groups -OCH3 is 1. The second-order valence-corrected chi connectivity index (χ2v) is 5.89. The van der Waals surface area contributed by atoms with Gasteiger partial charge in [-0.05, 0) is 39.2 Å². The second kappa shape index (κ2) is 5.55. The Labute approximate surface area is 109 Å². The van der Waals surface area contributed by atoms with Crippen molar-refractivity contribution in [1.29, 1.82) is 0 Å². The average molecular weight is 255 g/mol. The third-order valence-electron chi connectivity index (χ3n) is 4.03. The Kier molecular flexibility index (Phi) is 4.25. The number of rotatable bonds is 6. The molecule has 0 spiro atoms. The van der Waals surface area contributed by atoms with Crippen molar-refractivity contribution in [3.8, 4) is 0 Å². The predicted molar refractivity (Wildman–Crippen MR) is 70.2 cm³/mol. The summed E-state index contributed by atoms with van der Waals surface area (Å²) in [6, 6.07) is 0.276. The van der Waals surface area contributed by atoms with E-state index in [0.29, 0.717) is 12.6 Å². The second-order valence-electron chi connectivity index (χ2n) is 5.89. The fraction of sp³-hybridized carbons (Fsp3) is 0.923. The summed E-state index contributed by atoms with van der Waals surface area (Å²) in [4.78, 5) is 13.8. The summed E-state index contributed by atoms with van der Waals surface area (Å²) in [5.41, 5.74) is 5.39. The molecule has 2 fully saturated rings. The number of amides is 1. The molecule has 0 aromatic rings. The molecule has 1 saturated carbocycles. The van der Waals surface area contributed by atoms with Crippen molar-refractivity contribution in [2.24, 2.45) is 5.73 Å². The fourth-order valence-corrected chi connectivity index (χ4v) is 2.65. The lowest BCUT2D eigenvalue weighted by molar-refractivity contribution is -0.121. The molecule has 1 aliphatic heterocycles. The van der Waals surface area contributed by atoms with Gasteiger partial charge in [0.25, 0.3) is 0 Å². The summed E-state index contributed by atoms with van der Waals surface area (Å²) in [5, 5.41) is 3.33. The number of likely N-dealkylation sites (tertiary alicyclic amines) is 1. The summed E-state index contributed by atoms with van der Waals surface area (Å²) in [6.45, 7) is 4.73. The van der Waals surface area contributed by atoms with Gasteiger partial charge >= 0.3 is 0 Å². The van der Waals surface area contributed by atoms with E-state index in [4.69, 9.17) is 10.5 Å². The van der Waals surface area contributed by atoms with Gasteiger partial charge in [-0.1, -0.05) is 0 Å². The highest BCUT2D eigenvalue weighted by Crippen LogP contribution is 2.24. The van der Waals surface area contributed by atoms with Crippen molar-refractivity contribution in [2.45, 2.75) is 50.3 Å². The molecule has 3 N–H and O–H groups in total. The predicted octanol–water partition coefficient (Wildman–Crippen LogP) is 0.0932. The van der Waals surface area contributed by atoms with Gasteiger partial charge in [-0.3, -0.25) is 9.69 Å². The van der Waals surface area contributed by atoms with Crippen molar-refractivity contribution in [1.82, 2.24) is 10.2 Å². The standard InChI is InChI=1S/C13H25N3O2/c1-13(18-2)6-3-7-16(9-13)8-11(12(14)17)15-10-4-5-10/h10-11,15H,3-9H2,1-2H3,(H2,14,17). The first-order chi connectivity index (χ1) is 8.52. The number of hydrogen-bond donors (Lipinski definition) is 2. The van der Waals surface area contributed by atoms with Gasteiger partial charge in [0.2, 0.25) is 5.91 Å². The van der Waals surface area contributed by atoms with E-state index in [2.05, 4.69) is 17.1 Å². The molecule has 5 heteroatoms. The summed E-state index contributed by atoms with van der Waals surface area (Å²) < 4.78 is 5.57. The van der Waals surface area contributed by atoms with Crippen LogP contribution in [0.4, 0.5) is 0 Å². The molecule has 18 heavy (non-hydrogen) atoms. The van der Waals surface area contributed by atoms with E-state index in [-0.39, 0.29) is 17.6 Å². The van der Waals surface area contributed by atoms with Crippen LogP contribution >= 0.6 is 0 Å². The van der Waals surface area contributed by atoms with Crippen LogP contribution in [0.1, 0.15) is 32.6 Å². The van der Waals surface area contributed by atoms with Gasteiger partial charge in [-0.2, -0.15) is 0 Å². The van der Waals surface area contributed by atoms with Gasteiger partial charge in [0, 0.05) is 26.2 Å². The zero-order chi connectivity index (χ0) is 13.2. The zero-order valence-corrected chi connectivity index (χ0v) is 11.4. The molecule has 0 bridgehead atoms. The third-order valence-corrected chi connectivity index (χ3v) is 4.03. The van der Waals surface area contributed by atoms with Crippen LogP contribution in [-0.2, 0) is 9.53 Å². The maximum atomic E-state index is 11.5. The van der Waals surface area contributed by atoms with Gasteiger partial charge < -0.3 is 15.8 Å². The van der Waals surface area contributed by atoms with E-state index >= 15 is 0 Å². The van der Waals surface area contributed by atoms with Gasteiger partial charge in [0.1, 0.15) is 0 Å². The van der Waals surface area contributed by atoms with Crippen molar-refractivity contribution in [2.75, 3.05) is 26.7 Å². The molecule has 0 aromatic carbocycles. The topological polar surface area (TPSA) is 67.6 Å². The van der Waals surface area contributed by atoms with Gasteiger partial charge in [0.05, 0.1) is 11.6 Å². The van der Waals surface area contributed by atoms with Crippen LogP contribution in [0.15, 0.2) is 0 Å². The third kappa shape index (κ3) is 3.67. The molecule has 1 saturated heterocycles. The van der Waals surface area contributed by atoms with Crippen LogP contribution in [0.5, 0.6) is 0 Å². The number of hydrogen-bond acceptors (Lipinski definition) is 4. The molecule has 0 aromatic heterocycles. The fourth-order valence-electron chi connectivity index (χ4n) is 2.65. The van der Waals surface area contributed by atoms with Gasteiger partial charge in [0.15, 0.2) is 0 Å². The zero-order valence-electron chi connectivity index (χ0n) is 11.4. The van der Waals surface area contributed by atoms with Crippen LogP contribution in [-0.4, -0.2) is 55.2 Å². The quantitative estimate of drug-likeness (QED) is 0.706. The summed E-state index contributed by atoms with van der Waals surface area (Å²) >= 11 is 0. The minimum absolute atomic E-state index is 0.0833. The van der Waals surface area contributed by atoms with Crippen LogP contribution in [0.3, 0.4) is 0 Å². The van der Waals surface area contributed by atoms with Crippen LogP contribution < -0.4 is 11.1 Å². The maximum absolute atomic E-state index is 11.5. The van der Waals surface area contributed by atoms with E-state index in [0.717, 1.165) is 25.9 Å². The number of ether oxygens (including phenoxy) is 1. The highest BCUT2D eigenvalue weighted by molar-refractivity contribution is 5.80. The normalized spacial score (nSPS) is 31.2. The Morgan fingerprint density at radius 2 is 2.33 bits per heavy atom. The summed E-state index contributed by atoms with van der Waals surface area (Å²) in [5.74, 6) is -0.244. The molecule has 1 amide bonds. The lowest BCUT2D eigenvalue weighted by atomic mass is 9.94. The van der Waals surface area contributed by atoms with Crippen LogP contribution in [0.25, 0.3) is 0 Å². The van der Waals surface area contributed by atoms with Crippen LogP contribution in [0, 0.1) is 0 Å². The number of nitrogens with two attached hydrogens (primary N) is 1. The molecule has 1 aliphatic carbocycles. The van der Waals surface area contributed by atoms with Crippen molar-refractivity contribution in [3.63, 3.8) is 0 Å². The number of carbonyl (C=O) groups is 1. The highest BCUT2D eigenvalue weighted by atomic mass is 16.5. The Bertz CT molecular complexity index is 307. The minimum Gasteiger partial charge on any atom is -0.377 e. The van der Waals surface area contributed by atoms with Gasteiger partial charge in [-0.15, -0.1) is 0 Å². The van der Waals surface area contributed by atoms with Gasteiger partial charge in [-0.25, -0.2) is 0 Å². The molecule has 2 rings (SSSR count). The van der Waals surface area contributed by atoms with E-state index in [1.807, 2.05) is 0 Å². The number of piperidine rings is 1. The lowest BCUT2D eigenvalue weighted by Gasteiger charge is -2.40. The summed E-state index contributed by atoms with van der Waals surface area (Å²) in [7, 11) is 1.76. The lowest BCUT2D eigenvalue weighted by Crippen LogP contribution is -2.55. The first kappa shape index (κ1) is 13.8. The molecule has 2 aliphatic rings. The van der Waals surface area contributed by atoms with Crippen molar-refractivity contribution < 1.29 is 9.53 Å². The molecule has 0 radical (unpaired) electrons. The van der Waals surface area contributed by atoms with E-state index in [9.17, 15) is 4.79 Å². The van der Waals surface area contributed by atoms with Crippen molar-refractivity contribution >= 4 is 5.91 Å². The Balaban J connectivity index is 1.87. The number of carbonyl (C=O) groups excluding carboxylic acids is 1. The monoisotopic (exact) mass is 255 g/mol. The Hall–Kier alpha value is -0.650. The molecule has 1 heterocycles. The first-order valence-electron chi connectivity index (χ1n) is 6.85. The molecule has 2 atom stereocenters. The molecule has 104 valence electrons. The van der Waals surface area contributed by atoms with E-state index < -0.39 is 0 Å². The smallest absolute Gasteiger partial charge is 0.235 e. The largest absolute Gasteiger partial charge is 0.377 e. The Morgan fingerprint density at radius 3 is 2.89 bits per heavy atom. The number of nitrogens with zero attached hydrogens (tertiary/aromatic N) is 1. The molecular formula is C13H25N3O2. The molecular weight excluding hydrogens is 230 g/mol. The van der Waals surface area contributed by atoms with Crippen molar-refractivity contribution in [3.05, 3.63) is 0 Å².